The molecule has 0 saturated heterocycles. The predicted octanol–water partition coefficient (Wildman–Crippen LogP) is 2.05. The largest absolute Gasteiger partial charge is 0.325 e. The van der Waals surface area contributed by atoms with Crippen LogP contribution in [0.1, 0.15) is 13.8 Å². The quantitative estimate of drug-likeness (QED) is 0.655. The van der Waals surface area contributed by atoms with Crippen LogP contribution in [0.3, 0.4) is 0 Å². The molecule has 0 radical (unpaired) electrons. The average Bonchev–Trinajstić information content (AvgIpc) is 2.25. The maximum atomic E-state index is 10.4. The molecule has 0 fully saturated rings. The summed E-state index contributed by atoms with van der Waals surface area (Å²) in [4.78, 5) is 10.4. The SMILES string of the molecule is CC=C=C=C=C=C=C=C=C=C=CNC(C)=O. The third-order valence-electron chi connectivity index (χ3n) is 1.01. The van der Waals surface area contributed by atoms with Gasteiger partial charge in [0, 0.05) is 6.92 Å². The van der Waals surface area contributed by atoms with Gasteiger partial charge in [0.25, 0.3) is 0 Å². The van der Waals surface area contributed by atoms with E-state index in [1.165, 1.54) is 13.1 Å². The molecule has 0 spiro atoms. The summed E-state index contributed by atoms with van der Waals surface area (Å²) in [6, 6.07) is 0. The Morgan fingerprint density at radius 2 is 1.44 bits per heavy atom. The Balaban J connectivity index is 5.00. The van der Waals surface area contributed by atoms with Gasteiger partial charge in [-0.3, -0.25) is 4.79 Å². The Morgan fingerprint density at radius 3 is 1.94 bits per heavy atom. The monoisotopic (exact) mass is 207 g/mol. The molecule has 0 aromatic carbocycles. The van der Waals surface area contributed by atoms with Crippen LogP contribution in [0.25, 0.3) is 0 Å². The second-order valence-corrected chi connectivity index (χ2v) is 2.30. The molecule has 0 aliphatic carbocycles. The third-order valence-corrected chi connectivity index (χ3v) is 1.01. The number of carbonyl (C=O) groups excluding carboxylic acids is 1. The lowest BCUT2D eigenvalue weighted by Gasteiger charge is -1.82. The number of amides is 1. The summed E-state index contributed by atoms with van der Waals surface area (Å²) < 4.78 is 0. The lowest BCUT2D eigenvalue weighted by Crippen LogP contribution is -2.10. The zero-order chi connectivity index (χ0) is 12.1. The molecule has 0 rings (SSSR count). The molecule has 0 bridgehead atoms. The number of carbonyl (C=O) groups is 1. The summed E-state index contributed by atoms with van der Waals surface area (Å²) in [5.74, 6) is -0.169. The minimum atomic E-state index is -0.169. The standard InChI is InChI=1S/C14H9NO/c1-3-4-5-6-7-8-9-10-11-12-13-15-14(2)16/h3,13H,1-2H3,(H,15,16). The molecule has 0 unspecified atom stereocenters. The van der Waals surface area contributed by atoms with E-state index in [-0.39, 0.29) is 5.91 Å². The van der Waals surface area contributed by atoms with E-state index in [1.807, 2.05) is 6.92 Å². The van der Waals surface area contributed by atoms with Crippen molar-refractivity contribution in [1.29, 1.82) is 0 Å². The Morgan fingerprint density at radius 1 is 0.938 bits per heavy atom. The van der Waals surface area contributed by atoms with E-state index in [4.69, 9.17) is 0 Å². The van der Waals surface area contributed by atoms with Gasteiger partial charge in [-0.1, -0.05) is 5.73 Å². The molecule has 0 atom stereocenters. The fourth-order valence-corrected chi connectivity index (χ4v) is 0.474. The van der Waals surface area contributed by atoms with E-state index < -0.39 is 0 Å². The highest BCUT2D eigenvalue weighted by Gasteiger charge is 1.77. The van der Waals surface area contributed by atoms with Crippen LogP contribution in [0.5, 0.6) is 0 Å². The summed E-state index contributed by atoms with van der Waals surface area (Å²) in [5.41, 5.74) is 22.8. The van der Waals surface area contributed by atoms with Gasteiger partial charge in [0.15, 0.2) is 0 Å². The molecular weight excluding hydrogens is 198 g/mol. The van der Waals surface area contributed by atoms with Crippen molar-refractivity contribution in [2.75, 3.05) is 0 Å². The van der Waals surface area contributed by atoms with Crippen molar-refractivity contribution in [3.8, 4) is 0 Å². The Bertz CT molecular complexity index is 596. The highest BCUT2D eigenvalue weighted by molar-refractivity contribution is 5.73. The van der Waals surface area contributed by atoms with Crippen molar-refractivity contribution < 1.29 is 4.79 Å². The van der Waals surface area contributed by atoms with Crippen molar-refractivity contribution >= 4 is 5.91 Å². The zero-order valence-electron chi connectivity index (χ0n) is 9.06. The van der Waals surface area contributed by atoms with Crippen LogP contribution in [0, 0.1) is 0 Å². The van der Waals surface area contributed by atoms with Gasteiger partial charge in [0.1, 0.15) is 0 Å². The Hall–Kier alpha value is -2.77. The van der Waals surface area contributed by atoms with E-state index in [0.717, 1.165) is 0 Å². The van der Waals surface area contributed by atoms with E-state index in [2.05, 4.69) is 56.9 Å². The van der Waals surface area contributed by atoms with Gasteiger partial charge in [-0.05, 0) is 58.8 Å². The summed E-state index contributed by atoms with van der Waals surface area (Å²) in [6.45, 7) is 3.22. The highest BCUT2D eigenvalue weighted by Crippen LogP contribution is 1.60. The first kappa shape index (κ1) is 13.2. The van der Waals surface area contributed by atoms with Crippen LogP contribution in [-0.2, 0) is 4.79 Å². The molecule has 2 heteroatoms. The Labute approximate surface area is 94.3 Å². The molecule has 0 aliphatic heterocycles. The number of rotatable bonds is 1. The zero-order valence-corrected chi connectivity index (χ0v) is 9.06. The maximum absolute atomic E-state index is 10.4. The van der Waals surface area contributed by atoms with Crippen molar-refractivity contribution in [3.63, 3.8) is 0 Å². The molecule has 0 aromatic rings. The number of nitrogens with one attached hydrogen (secondary N) is 1. The molecule has 0 heterocycles. The van der Waals surface area contributed by atoms with Gasteiger partial charge in [-0.25, -0.2) is 0 Å². The molecule has 16 heavy (non-hydrogen) atoms. The van der Waals surface area contributed by atoms with Gasteiger partial charge in [-0.2, -0.15) is 0 Å². The summed E-state index contributed by atoms with van der Waals surface area (Å²) in [6.07, 6.45) is 3.02. The molecule has 76 valence electrons. The normalized spacial score (nSPS) is 5.38. The van der Waals surface area contributed by atoms with Gasteiger partial charge in [0.2, 0.25) is 5.91 Å². The lowest BCUT2D eigenvalue weighted by molar-refractivity contribution is -0.118. The second kappa shape index (κ2) is 10.3. The van der Waals surface area contributed by atoms with Crippen LogP contribution < -0.4 is 5.32 Å². The fraction of sp³-hybridized carbons (Fsp3) is 0.143. The summed E-state index contributed by atoms with van der Waals surface area (Å²) in [5, 5.41) is 2.40. The minimum Gasteiger partial charge on any atom is -0.325 e. The lowest BCUT2D eigenvalue weighted by atomic mass is 10.6. The van der Waals surface area contributed by atoms with Crippen molar-refractivity contribution in [2.45, 2.75) is 13.8 Å². The van der Waals surface area contributed by atoms with Crippen LogP contribution >= 0.6 is 0 Å². The molecule has 1 N–H and O–H groups in total. The van der Waals surface area contributed by atoms with E-state index in [0.29, 0.717) is 0 Å². The van der Waals surface area contributed by atoms with Crippen LogP contribution in [0.2, 0.25) is 0 Å². The smallest absolute Gasteiger partial charge is 0.221 e. The molecule has 0 aliphatic rings. The molecular formula is C14H9NO. The fourth-order valence-electron chi connectivity index (χ4n) is 0.474. The molecule has 0 saturated carbocycles. The first-order chi connectivity index (χ1) is 7.77. The van der Waals surface area contributed by atoms with E-state index in [9.17, 15) is 4.79 Å². The van der Waals surface area contributed by atoms with Crippen molar-refractivity contribution in [2.24, 2.45) is 0 Å². The Kier molecular flexibility index (Phi) is 8.53. The average molecular weight is 207 g/mol. The predicted molar refractivity (Wildman–Crippen MR) is 60.2 cm³/mol. The first-order valence-corrected chi connectivity index (χ1v) is 4.40. The van der Waals surface area contributed by atoms with E-state index >= 15 is 0 Å². The van der Waals surface area contributed by atoms with Crippen LogP contribution in [0.15, 0.2) is 63.9 Å². The molecule has 1 amide bonds. The maximum Gasteiger partial charge on any atom is 0.221 e. The van der Waals surface area contributed by atoms with Gasteiger partial charge >= 0.3 is 0 Å². The molecule has 2 nitrogen and oxygen atoms in total. The van der Waals surface area contributed by atoms with Crippen LogP contribution in [0.4, 0.5) is 0 Å². The third kappa shape index (κ3) is 11.2. The summed E-state index contributed by atoms with van der Waals surface area (Å²) in [7, 11) is 0. The van der Waals surface area contributed by atoms with Gasteiger partial charge in [-0.15, -0.1) is 0 Å². The van der Waals surface area contributed by atoms with Gasteiger partial charge < -0.3 is 5.32 Å². The second-order valence-electron chi connectivity index (χ2n) is 2.30. The number of hydrogen-bond acceptors (Lipinski definition) is 1. The van der Waals surface area contributed by atoms with Crippen LogP contribution in [-0.4, -0.2) is 5.91 Å². The van der Waals surface area contributed by atoms with Gasteiger partial charge in [0.05, 0.1) is 6.20 Å². The number of allylic oxidation sites excluding steroid dienone is 1. The van der Waals surface area contributed by atoms with Crippen molar-refractivity contribution in [1.82, 2.24) is 5.32 Å². The van der Waals surface area contributed by atoms with Crippen molar-refractivity contribution in [3.05, 3.63) is 63.9 Å². The highest BCUT2D eigenvalue weighted by atomic mass is 16.1. The molecule has 0 aromatic heterocycles. The topological polar surface area (TPSA) is 29.1 Å². The first-order valence-electron chi connectivity index (χ1n) is 4.40. The van der Waals surface area contributed by atoms with E-state index in [1.54, 1.807) is 6.08 Å². The number of hydrogen-bond donors (Lipinski definition) is 1. The minimum absolute atomic E-state index is 0.169. The summed E-state index contributed by atoms with van der Waals surface area (Å²) >= 11 is 0.